The van der Waals surface area contributed by atoms with Gasteiger partial charge in [-0.1, -0.05) is 0 Å². The number of imidazole rings is 1. The van der Waals surface area contributed by atoms with Crippen LogP contribution in [-0.2, 0) is 25.6 Å². The third kappa shape index (κ3) is 4.07. The molecule has 11 heteroatoms. The van der Waals surface area contributed by atoms with Crippen molar-refractivity contribution in [3.05, 3.63) is 18.0 Å². The van der Waals surface area contributed by atoms with Crippen molar-refractivity contribution in [2.24, 2.45) is 5.73 Å². The Labute approximate surface area is 154 Å². The molecule has 3 heterocycles. The molecule has 2 saturated heterocycles. The van der Waals surface area contributed by atoms with E-state index < -0.39 is 41.8 Å². The lowest BCUT2D eigenvalue weighted by Crippen LogP contribution is -2.56. The molecule has 2 aliphatic rings. The fourth-order valence-corrected chi connectivity index (χ4v) is 3.46. The molecule has 1 aromatic rings. The Morgan fingerprint density at radius 1 is 1.41 bits per heavy atom. The fourth-order valence-electron chi connectivity index (χ4n) is 3.46. The summed E-state index contributed by atoms with van der Waals surface area (Å²) in [6.45, 7) is 0.324. The highest BCUT2D eigenvalue weighted by Crippen LogP contribution is 2.19. The van der Waals surface area contributed by atoms with Crippen molar-refractivity contribution < 1.29 is 23.6 Å². The maximum Gasteiger partial charge on any atom is 0.246 e. The molecule has 10 nitrogen and oxygen atoms in total. The zero-order valence-corrected chi connectivity index (χ0v) is 14.5. The van der Waals surface area contributed by atoms with Crippen molar-refractivity contribution in [2.45, 2.75) is 50.2 Å². The molecule has 0 spiro atoms. The molecule has 27 heavy (non-hydrogen) atoms. The molecule has 0 aromatic carbocycles. The zero-order chi connectivity index (χ0) is 19.6. The van der Waals surface area contributed by atoms with Crippen LogP contribution in [0.3, 0.4) is 0 Å². The van der Waals surface area contributed by atoms with Crippen LogP contribution < -0.4 is 16.4 Å². The number of carbonyl (C=O) groups excluding carboxylic acids is 4. The number of nitrogens with one attached hydrogen (secondary N) is 3. The Morgan fingerprint density at radius 2 is 2.19 bits per heavy atom. The van der Waals surface area contributed by atoms with Gasteiger partial charge in [0.2, 0.25) is 29.6 Å². The second kappa shape index (κ2) is 7.72. The van der Waals surface area contributed by atoms with Crippen LogP contribution >= 0.6 is 0 Å². The van der Waals surface area contributed by atoms with E-state index in [9.17, 15) is 23.6 Å². The van der Waals surface area contributed by atoms with Crippen LogP contribution in [-0.4, -0.2) is 63.2 Å². The van der Waals surface area contributed by atoms with Gasteiger partial charge in [0.1, 0.15) is 18.1 Å². The first-order chi connectivity index (χ1) is 12.9. The molecular weight excluding hydrogens is 359 g/mol. The quantitative estimate of drug-likeness (QED) is 0.465. The Morgan fingerprint density at radius 3 is 2.78 bits per heavy atom. The second-order valence-corrected chi connectivity index (χ2v) is 6.69. The summed E-state index contributed by atoms with van der Waals surface area (Å²) in [5.74, 6) is -2.70. The van der Waals surface area contributed by atoms with E-state index in [2.05, 4.69) is 20.6 Å². The van der Waals surface area contributed by atoms with Gasteiger partial charge in [-0.25, -0.2) is 4.98 Å². The van der Waals surface area contributed by atoms with Crippen molar-refractivity contribution in [3.8, 4) is 0 Å². The molecule has 146 valence electrons. The number of likely N-dealkylation sites (tertiary alicyclic amines) is 1. The summed E-state index contributed by atoms with van der Waals surface area (Å²) in [5, 5.41) is 5.09. The minimum Gasteiger partial charge on any atom is -0.368 e. The van der Waals surface area contributed by atoms with E-state index in [4.69, 9.17) is 5.73 Å². The number of nitrogens with zero attached hydrogens (tertiary/aromatic N) is 2. The van der Waals surface area contributed by atoms with Crippen LogP contribution in [0.5, 0.6) is 0 Å². The van der Waals surface area contributed by atoms with E-state index in [1.807, 2.05) is 0 Å². The van der Waals surface area contributed by atoms with Crippen molar-refractivity contribution in [1.29, 1.82) is 0 Å². The lowest BCUT2D eigenvalue weighted by molar-refractivity contribution is -0.140. The SMILES string of the molecule is NC(=O)[C@@H]1CCCN1C(=O)[C@H](Cc1[nH]cnc1F)NC(=O)[C@@H]1CCC(=O)N1. The fraction of sp³-hybridized carbons (Fsp3) is 0.562. The second-order valence-electron chi connectivity index (χ2n) is 6.69. The maximum absolute atomic E-state index is 13.7. The molecule has 5 N–H and O–H groups in total. The predicted molar refractivity (Wildman–Crippen MR) is 89.3 cm³/mol. The van der Waals surface area contributed by atoms with Gasteiger partial charge in [-0.15, -0.1) is 0 Å². The maximum atomic E-state index is 13.7. The van der Waals surface area contributed by atoms with E-state index in [1.165, 1.54) is 4.90 Å². The number of H-pyrrole nitrogens is 1. The van der Waals surface area contributed by atoms with Crippen molar-refractivity contribution >= 4 is 23.6 Å². The van der Waals surface area contributed by atoms with Gasteiger partial charge >= 0.3 is 0 Å². The number of hydrogen-bond acceptors (Lipinski definition) is 5. The number of carbonyl (C=O) groups is 4. The largest absolute Gasteiger partial charge is 0.368 e. The molecule has 0 radical (unpaired) electrons. The van der Waals surface area contributed by atoms with Crippen molar-refractivity contribution in [2.75, 3.05) is 6.54 Å². The van der Waals surface area contributed by atoms with Crippen LogP contribution in [0.25, 0.3) is 0 Å². The van der Waals surface area contributed by atoms with Gasteiger partial charge in [-0.05, 0) is 19.3 Å². The Hall–Kier alpha value is -2.98. The van der Waals surface area contributed by atoms with E-state index in [1.54, 1.807) is 0 Å². The Balaban J connectivity index is 1.77. The summed E-state index contributed by atoms with van der Waals surface area (Å²) in [6, 6.07) is -2.62. The van der Waals surface area contributed by atoms with E-state index in [0.717, 1.165) is 6.33 Å². The summed E-state index contributed by atoms with van der Waals surface area (Å²) < 4.78 is 13.7. The molecular formula is C16H21FN6O4. The Bertz CT molecular complexity index is 766. The number of halogens is 1. The van der Waals surface area contributed by atoms with Gasteiger partial charge in [0.05, 0.1) is 12.0 Å². The molecule has 2 fully saturated rings. The standard InChI is InChI=1S/C16H21FN6O4/c17-13-9(19-7-20-13)6-10(22-15(26)8-3-4-12(24)21-8)16(27)23-5-1-2-11(23)14(18)25/h7-8,10-11H,1-6H2,(H2,18,25)(H,19,20)(H,21,24)(H,22,26)/t8-,10-,11-/m0/s1. The first-order valence-corrected chi connectivity index (χ1v) is 8.74. The number of primary amides is 1. The summed E-state index contributed by atoms with van der Waals surface area (Å²) in [7, 11) is 0. The number of nitrogens with two attached hydrogens (primary N) is 1. The minimum absolute atomic E-state index is 0.0546. The molecule has 2 aliphatic heterocycles. The third-order valence-electron chi connectivity index (χ3n) is 4.86. The van der Waals surface area contributed by atoms with E-state index in [-0.39, 0.29) is 24.4 Å². The zero-order valence-electron chi connectivity index (χ0n) is 14.5. The highest BCUT2D eigenvalue weighted by molar-refractivity contribution is 5.95. The van der Waals surface area contributed by atoms with E-state index in [0.29, 0.717) is 25.8 Å². The number of aromatic nitrogens is 2. The van der Waals surface area contributed by atoms with Gasteiger partial charge in [-0.3, -0.25) is 19.2 Å². The number of rotatable bonds is 6. The topological polar surface area (TPSA) is 150 Å². The van der Waals surface area contributed by atoms with Gasteiger partial charge in [-0.2, -0.15) is 4.39 Å². The summed E-state index contributed by atoms with van der Waals surface area (Å²) in [6.07, 6.45) is 2.57. The highest BCUT2D eigenvalue weighted by atomic mass is 19.1. The normalized spacial score (nSPS) is 23.1. The molecule has 0 saturated carbocycles. The first-order valence-electron chi connectivity index (χ1n) is 8.74. The minimum atomic E-state index is -1.12. The average molecular weight is 380 g/mol. The van der Waals surface area contributed by atoms with Crippen LogP contribution in [0.2, 0.25) is 0 Å². The van der Waals surface area contributed by atoms with Gasteiger partial charge in [0, 0.05) is 19.4 Å². The molecule has 0 unspecified atom stereocenters. The smallest absolute Gasteiger partial charge is 0.246 e. The van der Waals surface area contributed by atoms with Crippen LogP contribution in [0, 0.1) is 5.95 Å². The molecule has 3 atom stereocenters. The molecule has 0 aliphatic carbocycles. The van der Waals surface area contributed by atoms with Gasteiger partial charge < -0.3 is 26.3 Å². The first kappa shape index (κ1) is 18.8. The third-order valence-corrected chi connectivity index (χ3v) is 4.86. The van der Waals surface area contributed by atoms with Gasteiger partial charge in [0.15, 0.2) is 0 Å². The number of amides is 4. The molecule has 4 amide bonds. The highest BCUT2D eigenvalue weighted by Gasteiger charge is 2.38. The Kier molecular flexibility index (Phi) is 5.38. The number of aromatic amines is 1. The molecule has 3 rings (SSSR count). The number of hydrogen-bond donors (Lipinski definition) is 4. The summed E-state index contributed by atoms with van der Waals surface area (Å²) in [5.41, 5.74) is 5.41. The van der Waals surface area contributed by atoms with Crippen LogP contribution in [0.4, 0.5) is 4.39 Å². The predicted octanol–water partition coefficient (Wildman–Crippen LogP) is -1.67. The molecule has 0 bridgehead atoms. The lowest BCUT2D eigenvalue weighted by atomic mass is 10.1. The summed E-state index contributed by atoms with van der Waals surface area (Å²) >= 11 is 0. The molecule has 1 aromatic heterocycles. The van der Waals surface area contributed by atoms with Crippen molar-refractivity contribution in [1.82, 2.24) is 25.5 Å². The lowest BCUT2D eigenvalue weighted by Gasteiger charge is -2.28. The summed E-state index contributed by atoms with van der Waals surface area (Å²) in [4.78, 5) is 55.7. The van der Waals surface area contributed by atoms with Crippen LogP contribution in [0.1, 0.15) is 31.4 Å². The van der Waals surface area contributed by atoms with E-state index >= 15 is 0 Å². The van der Waals surface area contributed by atoms with Crippen LogP contribution in [0.15, 0.2) is 6.33 Å². The average Bonchev–Trinajstić information content (AvgIpc) is 3.35. The van der Waals surface area contributed by atoms with Gasteiger partial charge in [0.25, 0.3) is 0 Å². The van der Waals surface area contributed by atoms with Crippen molar-refractivity contribution in [3.63, 3.8) is 0 Å². The monoisotopic (exact) mass is 380 g/mol.